The smallest absolute Gasteiger partial charge is 0.330 e. The minimum absolute atomic E-state index is 0.649. The Bertz CT molecular complexity index is 145. The fourth-order valence-corrected chi connectivity index (χ4v) is 0.967. The van der Waals surface area contributed by atoms with Gasteiger partial charge in [0.05, 0.1) is 0 Å². The molecule has 0 aliphatic carbocycles. The lowest BCUT2D eigenvalue weighted by Gasteiger charge is -2.27. The van der Waals surface area contributed by atoms with Crippen molar-refractivity contribution in [1.82, 2.24) is 0 Å². The number of halogens is 6. The number of rotatable bonds is 2. The normalized spacial score (nSPS) is 16.4. The van der Waals surface area contributed by atoms with Gasteiger partial charge in [0.15, 0.2) is 5.92 Å². The molecule has 1 atom stereocenters. The summed E-state index contributed by atoms with van der Waals surface area (Å²) in [5.74, 6) is -4.98. The highest BCUT2D eigenvalue weighted by Crippen LogP contribution is 2.43. The molecular weight excluding hydrogens is 200 g/mol. The fraction of sp³-hybridized carbons (Fsp3) is 1.00. The monoisotopic (exact) mass is 209 g/mol. The largest absolute Gasteiger partial charge is 0.400 e. The summed E-state index contributed by atoms with van der Waals surface area (Å²) >= 11 is 0. The van der Waals surface area contributed by atoms with Crippen molar-refractivity contribution in [1.29, 1.82) is 0 Å². The van der Waals surface area contributed by atoms with E-state index >= 15 is 0 Å². The van der Waals surface area contributed by atoms with E-state index in [4.69, 9.17) is 5.73 Å². The molecule has 0 aromatic heterocycles. The molecule has 0 aromatic carbocycles. The Labute approximate surface area is 70.9 Å². The molecule has 13 heavy (non-hydrogen) atoms. The number of alkyl halides is 6. The summed E-state index contributed by atoms with van der Waals surface area (Å²) in [6.45, 7) is 0.176. The summed E-state index contributed by atoms with van der Waals surface area (Å²) in [5, 5.41) is 0. The van der Waals surface area contributed by atoms with Gasteiger partial charge in [0, 0.05) is 0 Å². The maximum Gasteiger partial charge on any atom is 0.400 e. The van der Waals surface area contributed by atoms with E-state index in [-0.39, 0.29) is 0 Å². The third-order valence-corrected chi connectivity index (χ3v) is 1.65. The first-order valence-electron chi connectivity index (χ1n) is 3.44. The topological polar surface area (TPSA) is 26.0 Å². The van der Waals surface area contributed by atoms with E-state index in [9.17, 15) is 26.3 Å². The highest BCUT2D eigenvalue weighted by atomic mass is 19.4. The number of nitrogens with two attached hydrogens (primary N) is 1. The quantitative estimate of drug-likeness (QED) is 0.694. The zero-order chi connectivity index (χ0) is 10.9. The highest BCUT2D eigenvalue weighted by Gasteiger charge is 2.58. The van der Waals surface area contributed by atoms with E-state index in [0.29, 0.717) is 0 Å². The maximum atomic E-state index is 11.9. The van der Waals surface area contributed by atoms with E-state index in [1.165, 1.54) is 0 Å². The van der Waals surface area contributed by atoms with Gasteiger partial charge in [-0.3, -0.25) is 0 Å². The first-order valence-corrected chi connectivity index (χ1v) is 3.44. The Balaban J connectivity index is 4.78. The van der Waals surface area contributed by atoms with E-state index in [2.05, 4.69) is 0 Å². The van der Waals surface area contributed by atoms with Gasteiger partial charge in [0.1, 0.15) is 0 Å². The van der Waals surface area contributed by atoms with Crippen LogP contribution in [-0.2, 0) is 0 Å². The van der Waals surface area contributed by atoms with Gasteiger partial charge in [0.2, 0.25) is 0 Å². The van der Waals surface area contributed by atoms with Crippen LogP contribution in [-0.4, -0.2) is 18.9 Å². The van der Waals surface area contributed by atoms with Crippen molar-refractivity contribution in [3.05, 3.63) is 0 Å². The highest BCUT2D eigenvalue weighted by molar-refractivity contribution is 4.80. The molecule has 0 saturated heterocycles. The lowest BCUT2D eigenvalue weighted by molar-refractivity contribution is -0.296. The maximum absolute atomic E-state index is 11.9. The second-order valence-corrected chi connectivity index (χ2v) is 2.77. The van der Waals surface area contributed by atoms with Crippen LogP contribution in [0.15, 0.2) is 0 Å². The second-order valence-electron chi connectivity index (χ2n) is 2.77. The molecule has 0 spiro atoms. The first kappa shape index (κ1) is 12.5. The van der Waals surface area contributed by atoms with Gasteiger partial charge in [-0.05, 0) is 12.5 Å². The van der Waals surface area contributed by atoms with Crippen molar-refractivity contribution in [2.75, 3.05) is 6.54 Å². The van der Waals surface area contributed by atoms with Crippen molar-refractivity contribution >= 4 is 0 Å². The van der Waals surface area contributed by atoms with Crippen molar-refractivity contribution < 1.29 is 26.3 Å². The van der Waals surface area contributed by atoms with Gasteiger partial charge in [0.25, 0.3) is 0 Å². The Morgan fingerprint density at radius 2 is 1.31 bits per heavy atom. The molecule has 0 heterocycles. The summed E-state index contributed by atoms with van der Waals surface area (Å²) in [6, 6.07) is 0. The minimum Gasteiger partial charge on any atom is -0.330 e. The van der Waals surface area contributed by atoms with Crippen LogP contribution in [0.25, 0.3) is 0 Å². The third-order valence-electron chi connectivity index (χ3n) is 1.65. The molecule has 0 aromatic rings. The van der Waals surface area contributed by atoms with Crippen LogP contribution in [0, 0.1) is 11.8 Å². The van der Waals surface area contributed by atoms with Gasteiger partial charge in [-0.2, -0.15) is 26.3 Å². The summed E-state index contributed by atoms with van der Waals surface area (Å²) in [6.07, 6.45) is -10.6. The first-order chi connectivity index (χ1) is 5.60. The van der Waals surface area contributed by atoms with Crippen LogP contribution in [0.1, 0.15) is 6.92 Å². The number of hydrogen-bond acceptors (Lipinski definition) is 1. The zero-order valence-electron chi connectivity index (χ0n) is 6.71. The Morgan fingerprint density at radius 3 is 1.38 bits per heavy atom. The lowest BCUT2D eigenvalue weighted by atomic mass is 9.93. The minimum atomic E-state index is -5.28. The molecular formula is C6H9F6N. The molecule has 2 N–H and O–H groups in total. The van der Waals surface area contributed by atoms with Crippen molar-refractivity contribution in [3.8, 4) is 0 Å². The Hall–Kier alpha value is -0.460. The van der Waals surface area contributed by atoms with Crippen LogP contribution in [0.3, 0.4) is 0 Å². The van der Waals surface area contributed by atoms with Gasteiger partial charge in [-0.15, -0.1) is 0 Å². The third kappa shape index (κ3) is 3.41. The van der Waals surface area contributed by atoms with Gasteiger partial charge in [-0.25, -0.2) is 0 Å². The molecule has 7 heteroatoms. The molecule has 0 rings (SSSR count). The average molecular weight is 209 g/mol. The number of hydrogen-bond donors (Lipinski definition) is 1. The van der Waals surface area contributed by atoms with Crippen molar-refractivity contribution in [2.24, 2.45) is 17.6 Å². The summed E-state index contributed by atoms with van der Waals surface area (Å²) < 4.78 is 71.3. The molecule has 1 unspecified atom stereocenters. The molecule has 0 amide bonds. The molecule has 80 valence electrons. The molecule has 0 aliphatic heterocycles. The molecule has 0 radical (unpaired) electrons. The van der Waals surface area contributed by atoms with Crippen molar-refractivity contribution in [3.63, 3.8) is 0 Å². The SMILES string of the molecule is CC(CN)C(C(F)(F)F)C(F)(F)F. The van der Waals surface area contributed by atoms with Crippen LogP contribution in [0.5, 0.6) is 0 Å². The predicted molar refractivity (Wildman–Crippen MR) is 33.8 cm³/mol. The predicted octanol–water partition coefficient (Wildman–Crippen LogP) is 2.32. The van der Waals surface area contributed by atoms with E-state index in [1.54, 1.807) is 0 Å². The Kier molecular flexibility index (Phi) is 3.60. The summed E-state index contributed by atoms with van der Waals surface area (Å²) in [5.41, 5.74) is 4.77. The molecule has 1 nitrogen and oxygen atoms in total. The van der Waals surface area contributed by atoms with E-state index in [0.717, 1.165) is 6.92 Å². The van der Waals surface area contributed by atoms with Crippen LogP contribution < -0.4 is 5.73 Å². The zero-order valence-corrected chi connectivity index (χ0v) is 6.71. The summed E-state index contributed by atoms with van der Waals surface area (Å²) in [4.78, 5) is 0. The van der Waals surface area contributed by atoms with Gasteiger partial charge in [-0.1, -0.05) is 6.92 Å². The second kappa shape index (κ2) is 3.73. The molecule has 0 aliphatic rings. The Morgan fingerprint density at radius 1 is 1.00 bits per heavy atom. The average Bonchev–Trinajstić information content (AvgIpc) is 1.80. The lowest BCUT2D eigenvalue weighted by Crippen LogP contribution is -2.43. The van der Waals surface area contributed by atoms with Crippen LogP contribution >= 0.6 is 0 Å². The molecule has 0 saturated carbocycles. The van der Waals surface area contributed by atoms with E-state index < -0.39 is 30.7 Å². The summed E-state index contributed by atoms with van der Waals surface area (Å²) in [7, 11) is 0. The van der Waals surface area contributed by atoms with Crippen LogP contribution in [0.4, 0.5) is 26.3 Å². The standard InChI is InChI=1S/C6H9F6N/c1-3(2-13)4(5(7,8)9)6(10,11)12/h3-4H,2,13H2,1H3. The fourth-order valence-electron chi connectivity index (χ4n) is 0.967. The molecule has 0 fully saturated rings. The van der Waals surface area contributed by atoms with Gasteiger partial charge >= 0.3 is 12.4 Å². The van der Waals surface area contributed by atoms with E-state index in [1.807, 2.05) is 0 Å². The van der Waals surface area contributed by atoms with Crippen LogP contribution in [0.2, 0.25) is 0 Å². The van der Waals surface area contributed by atoms with Crippen molar-refractivity contribution in [2.45, 2.75) is 19.3 Å². The molecule has 0 bridgehead atoms. The van der Waals surface area contributed by atoms with Gasteiger partial charge < -0.3 is 5.73 Å².